The van der Waals surface area contributed by atoms with Crippen LogP contribution in [0.5, 0.6) is 0 Å². The number of hydrogen-bond acceptors (Lipinski definition) is 1. The van der Waals surface area contributed by atoms with E-state index in [0.717, 1.165) is 12.8 Å². The first-order chi connectivity index (χ1) is 6.31. The van der Waals surface area contributed by atoms with Crippen molar-refractivity contribution in [2.75, 3.05) is 0 Å². The lowest BCUT2D eigenvalue weighted by atomic mass is 9.80. The minimum Gasteiger partial charge on any atom is -0.390 e. The molecule has 0 spiro atoms. The summed E-state index contributed by atoms with van der Waals surface area (Å²) in [6.07, 6.45) is 12.6. The Labute approximate surface area is 81.5 Å². The molecule has 0 aromatic heterocycles. The third-order valence-corrected chi connectivity index (χ3v) is 4.08. The first-order valence-corrected chi connectivity index (χ1v) is 6.04. The van der Waals surface area contributed by atoms with Gasteiger partial charge in [0, 0.05) is 0 Å². The highest BCUT2D eigenvalue weighted by atomic mass is 16.3. The van der Waals surface area contributed by atoms with Crippen LogP contribution in [-0.4, -0.2) is 10.7 Å². The van der Waals surface area contributed by atoms with Gasteiger partial charge in [-0.2, -0.15) is 0 Å². The minimum absolute atomic E-state index is 0.257. The fourth-order valence-corrected chi connectivity index (χ4v) is 3.21. The molecule has 0 aliphatic heterocycles. The van der Waals surface area contributed by atoms with Crippen molar-refractivity contribution in [3.8, 4) is 0 Å². The molecule has 0 amide bonds. The average Bonchev–Trinajstić information content (AvgIpc) is 2.57. The van der Waals surface area contributed by atoms with E-state index in [4.69, 9.17) is 0 Å². The third kappa shape index (κ3) is 2.07. The molecule has 76 valence electrons. The Kier molecular flexibility index (Phi) is 2.92. The van der Waals surface area contributed by atoms with Crippen molar-refractivity contribution in [2.24, 2.45) is 5.92 Å². The zero-order chi connectivity index (χ0) is 9.15. The molecule has 0 heterocycles. The fraction of sp³-hybridized carbons (Fsp3) is 1.00. The molecule has 0 unspecified atom stereocenters. The molecule has 0 atom stereocenters. The molecule has 2 aliphatic rings. The zero-order valence-electron chi connectivity index (χ0n) is 8.60. The first kappa shape index (κ1) is 9.51. The van der Waals surface area contributed by atoms with Crippen molar-refractivity contribution in [1.29, 1.82) is 0 Å². The molecular weight excluding hydrogens is 160 g/mol. The number of hydrogen-bond donors (Lipinski definition) is 1. The van der Waals surface area contributed by atoms with Crippen LogP contribution in [0.2, 0.25) is 0 Å². The van der Waals surface area contributed by atoms with Gasteiger partial charge in [0.1, 0.15) is 0 Å². The lowest BCUT2D eigenvalue weighted by molar-refractivity contribution is -0.0296. The molecule has 0 aromatic rings. The van der Waals surface area contributed by atoms with Gasteiger partial charge in [0.2, 0.25) is 0 Å². The van der Waals surface area contributed by atoms with Crippen LogP contribution >= 0.6 is 0 Å². The van der Waals surface area contributed by atoms with E-state index < -0.39 is 0 Å². The van der Waals surface area contributed by atoms with E-state index in [1.54, 1.807) is 0 Å². The molecule has 0 saturated heterocycles. The fourth-order valence-electron chi connectivity index (χ4n) is 3.21. The number of rotatable bonds is 1. The Balaban J connectivity index is 1.98. The molecule has 2 saturated carbocycles. The summed E-state index contributed by atoms with van der Waals surface area (Å²) < 4.78 is 0. The van der Waals surface area contributed by atoms with Crippen LogP contribution in [0.3, 0.4) is 0 Å². The average molecular weight is 182 g/mol. The Morgan fingerprint density at radius 1 is 0.769 bits per heavy atom. The topological polar surface area (TPSA) is 20.2 Å². The lowest BCUT2D eigenvalue weighted by Gasteiger charge is -2.33. The van der Waals surface area contributed by atoms with Gasteiger partial charge < -0.3 is 5.11 Å². The van der Waals surface area contributed by atoms with E-state index in [-0.39, 0.29) is 5.60 Å². The predicted octanol–water partition coefficient (Wildman–Crippen LogP) is 3.26. The van der Waals surface area contributed by atoms with Crippen LogP contribution in [0.1, 0.15) is 64.2 Å². The smallest absolute Gasteiger partial charge is 0.0675 e. The van der Waals surface area contributed by atoms with Crippen LogP contribution in [-0.2, 0) is 0 Å². The summed E-state index contributed by atoms with van der Waals surface area (Å²) in [7, 11) is 0. The van der Waals surface area contributed by atoms with Crippen LogP contribution < -0.4 is 0 Å². The summed E-state index contributed by atoms with van der Waals surface area (Å²) >= 11 is 0. The van der Waals surface area contributed by atoms with Gasteiger partial charge in [0.25, 0.3) is 0 Å². The van der Waals surface area contributed by atoms with Gasteiger partial charge in [-0.15, -0.1) is 0 Å². The summed E-state index contributed by atoms with van der Waals surface area (Å²) in [6.45, 7) is 0. The van der Waals surface area contributed by atoms with Crippen LogP contribution in [0.15, 0.2) is 0 Å². The van der Waals surface area contributed by atoms with Gasteiger partial charge in [-0.3, -0.25) is 0 Å². The summed E-state index contributed by atoms with van der Waals surface area (Å²) in [4.78, 5) is 0. The molecule has 1 N–H and O–H groups in total. The van der Waals surface area contributed by atoms with E-state index >= 15 is 0 Å². The van der Waals surface area contributed by atoms with E-state index in [0.29, 0.717) is 5.92 Å². The van der Waals surface area contributed by atoms with Gasteiger partial charge in [-0.25, -0.2) is 0 Å². The maximum absolute atomic E-state index is 10.6. The largest absolute Gasteiger partial charge is 0.390 e. The normalized spacial score (nSPS) is 30.2. The Morgan fingerprint density at radius 2 is 1.31 bits per heavy atom. The second-order valence-electron chi connectivity index (χ2n) is 5.00. The minimum atomic E-state index is -0.257. The van der Waals surface area contributed by atoms with Crippen molar-refractivity contribution < 1.29 is 5.11 Å². The monoisotopic (exact) mass is 182 g/mol. The van der Waals surface area contributed by atoms with Crippen molar-refractivity contribution in [3.63, 3.8) is 0 Å². The van der Waals surface area contributed by atoms with Gasteiger partial charge in [0.05, 0.1) is 5.60 Å². The summed E-state index contributed by atoms with van der Waals surface area (Å²) in [5.41, 5.74) is -0.257. The van der Waals surface area contributed by atoms with E-state index in [9.17, 15) is 5.11 Å². The molecule has 13 heavy (non-hydrogen) atoms. The highest BCUT2D eigenvalue weighted by molar-refractivity contribution is 4.90. The molecule has 2 aliphatic carbocycles. The molecule has 2 fully saturated rings. The van der Waals surface area contributed by atoms with Crippen LogP contribution in [0, 0.1) is 5.92 Å². The van der Waals surface area contributed by atoms with Gasteiger partial charge in [-0.05, 0) is 31.6 Å². The SMILES string of the molecule is OC1(C2CCCC2)CCCCCC1. The molecule has 0 aromatic carbocycles. The number of aliphatic hydroxyl groups is 1. The molecule has 2 rings (SSSR count). The van der Waals surface area contributed by atoms with Crippen molar-refractivity contribution in [1.82, 2.24) is 0 Å². The standard InChI is InChI=1S/C12H22O/c13-12(11-7-3-4-8-11)9-5-1-2-6-10-12/h11,13H,1-10H2. The Hall–Kier alpha value is -0.0400. The molecule has 0 radical (unpaired) electrons. The highest BCUT2D eigenvalue weighted by Crippen LogP contribution is 2.41. The Bertz CT molecular complexity index is 151. The third-order valence-electron chi connectivity index (χ3n) is 4.08. The van der Waals surface area contributed by atoms with E-state index in [1.165, 1.54) is 51.4 Å². The van der Waals surface area contributed by atoms with Crippen molar-refractivity contribution in [2.45, 2.75) is 69.8 Å². The van der Waals surface area contributed by atoms with Crippen LogP contribution in [0.4, 0.5) is 0 Å². The second kappa shape index (κ2) is 4.00. The Morgan fingerprint density at radius 3 is 1.85 bits per heavy atom. The predicted molar refractivity (Wildman–Crippen MR) is 54.6 cm³/mol. The molecule has 1 heteroatoms. The molecule has 0 bridgehead atoms. The lowest BCUT2D eigenvalue weighted by Crippen LogP contribution is -2.35. The molecular formula is C12H22O. The van der Waals surface area contributed by atoms with Gasteiger partial charge in [0.15, 0.2) is 0 Å². The molecule has 1 nitrogen and oxygen atoms in total. The first-order valence-electron chi connectivity index (χ1n) is 6.04. The van der Waals surface area contributed by atoms with Gasteiger partial charge in [-0.1, -0.05) is 38.5 Å². The quantitative estimate of drug-likeness (QED) is 0.617. The second-order valence-corrected chi connectivity index (χ2v) is 5.00. The van der Waals surface area contributed by atoms with Crippen LogP contribution in [0.25, 0.3) is 0 Å². The zero-order valence-corrected chi connectivity index (χ0v) is 8.60. The van der Waals surface area contributed by atoms with E-state index in [2.05, 4.69) is 0 Å². The maximum atomic E-state index is 10.6. The van der Waals surface area contributed by atoms with Gasteiger partial charge >= 0.3 is 0 Å². The maximum Gasteiger partial charge on any atom is 0.0675 e. The highest BCUT2D eigenvalue weighted by Gasteiger charge is 2.37. The summed E-state index contributed by atoms with van der Waals surface area (Å²) in [6, 6.07) is 0. The summed E-state index contributed by atoms with van der Waals surface area (Å²) in [5.74, 6) is 0.644. The van der Waals surface area contributed by atoms with E-state index in [1.807, 2.05) is 0 Å². The van der Waals surface area contributed by atoms with Crippen molar-refractivity contribution >= 4 is 0 Å². The van der Waals surface area contributed by atoms with Crippen molar-refractivity contribution in [3.05, 3.63) is 0 Å². The summed E-state index contributed by atoms with van der Waals surface area (Å²) in [5, 5.41) is 10.6.